The van der Waals surface area contributed by atoms with Crippen molar-refractivity contribution in [1.82, 2.24) is 0 Å². The molecule has 3 N–H and O–H groups in total. The molecule has 0 amide bonds. The van der Waals surface area contributed by atoms with Crippen molar-refractivity contribution in [3.63, 3.8) is 0 Å². The van der Waals surface area contributed by atoms with Gasteiger partial charge < -0.3 is 15.3 Å². The van der Waals surface area contributed by atoms with E-state index >= 15 is 0 Å². The molecule has 5 heteroatoms. The minimum absolute atomic E-state index is 0.365. The first kappa shape index (κ1) is 22.3. The number of carboxylic acids is 1. The summed E-state index contributed by atoms with van der Waals surface area (Å²) in [7, 11) is 0. The number of carbonyl (C=O) groups is 1. The lowest BCUT2D eigenvalue weighted by Crippen LogP contribution is -2.47. The van der Waals surface area contributed by atoms with E-state index in [0.717, 1.165) is 55.5 Å². The van der Waals surface area contributed by atoms with E-state index in [2.05, 4.69) is 72.8 Å². The molecule has 1 atom stereocenters. The van der Waals surface area contributed by atoms with Crippen LogP contribution in [0.15, 0.2) is 95.4 Å². The topological polar surface area (TPSA) is 76.5 Å². The van der Waals surface area contributed by atoms with Gasteiger partial charge in [-0.1, -0.05) is 84.9 Å². The Labute approximate surface area is 202 Å². The molecule has 0 fully saturated rings. The number of nitrogens with two attached hydrogens (primary N) is 1. The largest absolute Gasteiger partial charge is 0.480 e. The van der Waals surface area contributed by atoms with Crippen LogP contribution in [0.1, 0.15) is 12.5 Å². The highest BCUT2D eigenvalue weighted by atomic mass is 32.2. The summed E-state index contributed by atoms with van der Waals surface area (Å²) >= 11 is 1.53. The van der Waals surface area contributed by atoms with E-state index in [1.807, 2.05) is 18.2 Å². The molecule has 1 heterocycles. The highest BCUT2D eigenvalue weighted by Crippen LogP contribution is 2.36. The molecule has 4 aromatic carbocycles. The van der Waals surface area contributed by atoms with Crippen molar-refractivity contribution in [2.24, 2.45) is 5.73 Å². The smallest absolute Gasteiger partial charge is 0.324 e. The van der Waals surface area contributed by atoms with Gasteiger partial charge >= 0.3 is 5.97 Å². The molecule has 0 saturated carbocycles. The van der Waals surface area contributed by atoms with Gasteiger partial charge in [0.25, 0.3) is 0 Å². The van der Waals surface area contributed by atoms with E-state index in [-0.39, 0.29) is 0 Å². The molecule has 1 aromatic heterocycles. The SMILES string of the molecule is CC(N)(CSCc1ccc(-c2ccc(-c3cccc4c3oc3ccccc34)cc2)cc1)C(=O)O. The molecular formula is C29H25NO3S. The summed E-state index contributed by atoms with van der Waals surface area (Å²) in [6, 6.07) is 31.3. The molecule has 0 aliphatic carbocycles. The number of thioether (sulfide) groups is 1. The Bertz CT molecular complexity index is 1470. The average Bonchev–Trinajstić information content (AvgIpc) is 3.23. The summed E-state index contributed by atoms with van der Waals surface area (Å²) in [6.07, 6.45) is 0. The van der Waals surface area contributed by atoms with E-state index < -0.39 is 11.5 Å². The Kier molecular flexibility index (Phi) is 5.90. The molecule has 1 unspecified atom stereocenters. The minimum Gasteiger partial charge on any atom is -0.480 e. The second kappa shape index (κ2) is 9.01. The molecule has 34 heavy (non-hydrogen) atoms. The molecule has 170 valence electrons. The van der Waals surface area contributed by atoms with Gasteiger partial charge in [-0.3, -0.25) is 4.79 Å². The maximum absolute atomic E-state index is 11.1. The van der Waals surface area contributed by atoms with Crippen molar-refractivity contribution in [3.8, 4) is 22.3 Å². The fraction of sp³-hybridized carbons (Fsp3) is 0.138. The Morgan fingerprint density at radius 3 is 2.18 bits per heavy atom. The van der Waals surface area contributed by atoms with Crippen LogP contribution in [0.3, 0.4) is 0 Å². The fourth-order valence-electron chi connectivity index (χ4n) is 4.05. The summed E-state index contributed by atoms with van der Waals surface area (Å²) in [4.78, 5) is 11.1. The first-order valence-corrected chi connectivity index (χ1v) is 12.3. The Hall–Kier alpha value is -3.54. The molecule has 0 aliphatic heterocycles. The van der Waals surface area contributed by atoms with Crippen LogP contribution in [-0.4, -0.2) is 22.4 Å². The van der Waals surface area contributed by atoms with Gasteiger partial charge in [0, 0.05) is 27.8 Å². The Morgan fingerprint density at radius 1 is 0.853 bits per heavy atom. The predicted molar refractivity (Wildman–Crippen MR) is 141 cm³/mol. The van der Waals surface area contributed by atoms with Crippen molar-refractivity contribution in [1.29, 1.82) is 0 Å². The zero-order chi connectivity index (χ0) is 23.7. The number of rotatable bonds is 7. The van der Waals surface area contributed by atoms with Crippen LogP contribution in [0.25, 0.3) is 44.2 Å². The zero-order valence-electron chi connectivity index (χ0n) is 18.8. The lowest BCUT2D eigenvalue weighted by Gasteiger charge is -2.18. The lowest BCUT2D eigenvalue weighted by atomic mass is 9.98. The first-order valence-electron chi connectivity index (χ1n) is 11.1. The van der Waals surface area contributed by atoms with E-state index in [4.69, 9.17) is 15.3 Å². The minimum atomic E-state index is -1.21. The molecule has 0 spiro atoms. The molecule has 0 bridgehead atoms. The highest BCUT2D eigenvalue weighted by Gasteiger charge is 2.27. The Balaban J connectivity index is 1.33. The van der Waals surface area contributed by atoms with E-state index in [9.17, 15) is 4.79 Å². The second-order valence-corrected chi connectivity index (χ2v) is 9.76. The van der Waals surface area contributed by atoms with Crippen molar-refractivity contribution in [2.75, 3.05) is 5.75 Å². The summed E-state index contributed by atoms with van der Waals surface area (Å²) in [5, 5.41) is 11.4. The van der Waals surface area contributed by atoms with Crippen LogP contribution in [-0.2, 0) is 10.5 Å². The van der Waals surface area contributed by atoms with Gasteiger partial charge in [0.2, 0.25) is 0 Å². The van der Waals surface area contributed by atoms with Crippen molar-refractivity contribution >= 4 is 39.7 Å². The van der Waals surface area contributed by atoms with Gasteiger partial charge in [-0.25, -0.2) is 0 Å². The quantitative estimate of drug-likeness (QED) is 0.271. The predicted octanol–water partition coefficient (Wildman–Crippen LogP) is 6.96. The summed E-state index contributed by atoms with van der Waals surface area (Å²) < 4.78 is 6.19. The van der Waals surface area contributed by atoms with E-state index in [0.29, 0.717) is 5.75 Å². The average molecular weight is 468 g/mol. The molecule has 5 rings (SSSR count). The zero-order valence-corrected chi connectivity index (χ0v) is 19.6. The molecule has 0 saturated heterocycles. The van der Waals surface area contributed by atoms with E-state index in [1.165, 1.54) is 11.8 Å². The number of furan rings is 1. The lowest BCUT2D eigenvalue weighted by molar-refractivity contribution is -0.141. The first-order chi connectivity index (χ1) is 16.4. The highest BCUT2D eigenvalue weighted by molar-refractivity contribution is 7.98. The van der Waals surface area contributed by atoms with Crippen LogP contribution < -0.4 is 5.73 Å². The normalized spacial score (nSPS) is 13.2. The third-order valence-corrected chi connectivity index (χ3v) is 7.39. The summed E-state index contributed by atoms with van der Waals surface area (Å²) in [6.45, 7) is 1.55. The van der Waals surface area contributed by atoms with Gasteiger partial charge in [0.05, 0.1) is 0 Å². The van der Waals surface area contributed by atoms with Gasteiger partial charge in [0.15, 0.2) is 0 Å². The summed E-state index contributed by atoms with van der Waals surface area (Å²) in [5.41, 5.74) is 12.0. The van der Waals surface area contributed by atoms with Crippen LogP contribution in [0.2, 0.25) is 0 Å². The van der Waals surface area contributed by atoms with Gasteiger partial charge in [-0.05, 0) is 35.2 Å². The third-order valence-electron chi connectivity index (χ3n) is 6.05. The number of aliphatic carboxylic acids is 1. The van der Waals surface area contributed by atoms with Crippen molar-refractivity contribution in [3.05, 3.63) is 96.6 Å². The monoisotopic (exact) mass is 467 g/mol. The number of benzene rings is 4. The molecule has 0 aliphatic rings. The van der Waals surface area contributed by atoms with Crippen LogP contribution in [0.5, 0.6) is 0 Å². The molecule has 0 radical (unpaired) electrons. The Morgan fingerprint density at radius 2 is 1.47 bits per heavy atom. The number of para-hydroxylation sites is 2. The molecular weight excluding hydrogens is 442 g/mol. The fourth-order valence-corrected chi connectivity index (χ4v) is 5.13. The van der Waals surface area contributed by atoms with E-state index in [1.54, 1.807) is 6.92 Å². The number of hydrogen-bond donors (Lipinski definition) is 2. The maximum atomic E-state index is 11.1. The number of hydrogen-bond acceptors (Lipinski definition) is 4. The number of fused-ring (bicyclic) bond motifs is 3. The maximum Gasteiger partial charge on any atom is 0.324 e. The van der Waals surface area contributed by atoms with Gasteiger partial charge in [0.1, 0.15) is 16.7 Å². The van der Waals surface area contributed by atoms with Crippen molar-refractivity contribution in [2.45, 2.75) is 18.2 Å². The van der Waals surface area contributed by atoms with Gasteiger partial charge in [-0.2, -0.15) is 11.8 Å². The standard InChI is InChI=1S/C29H25NO3S/c1-29(30,28(31)32)18-34-17-19-9-11-20(12-10-19)21-13-15-22(16-14-21)23-6-4-7-25-24-5-2-3-8-26(24)33-27(23)25/h2-16H,17-18,30H2,1H3,(H,31,32). The number of carboxylic acid groups (broad SMARTS) is 1. The second-order valence-electron chi connectivity index (χ2n) is 8.77. The van der Waals surface area contributed by atoms with Crippen LogP contribution in [0.4, 0.5) is 0 Å². The van der Waals surface area contributed by atoms with Crippen molar-refractivity contribution < 1.29 is 14.3 Å². The van der Waals surface area contributed by atoms with Crippen LogP contribution in [0, 0.1) is 0 Å². The van der Waals surface area contributed by atoms with Crippen LogP contribution >= 0.6 is 11.8 Å². The molecule has 5 aromatic rings. The third kappa shape index (κ3) is 4.32. The summed E-state index contributed by atoms with van der Waals surface area (Å²) in [5.74, 6) is 0.111. The molecule has 4 nitrogen and oxygen atoms in total. The van der Waals surface area contributed by atoms with Gasteiger partial charge in [-0.15, -0.1) is 0 Å².